The van der Waals surface area contributed by atoms with Crippen molar-refractivity contribution in [2.24, 2.45) is 5.92 Å². The Bertz CT molecular complexity index is 937. The van der Waals surface area contributed by atoms with E-state index in [1.165, 1.54) is 18.2 Å². The maximum Gasteiger partial charge on any atom is 0.408 e. The number of hydrogen-bond donors (Lipinski definition) is 4. The number of nitrogens with one attached hydrogen (secondary N) is 2. The molecule has 5 N–H and O–H groups in total. The molecule has 0 aliphatic carbocycles. The lowest BCUT2D eigenvalue weighted by molar-refractivity contribution is -0.137. The molecule has 0 spiro atoms. The van der Waals surface area contributed by atoms with E-state index in [1.807, 2.05) is 13.8 Å². The van der Waals surface area contributed by atoms with Gasteiger partial charge in [-0.3, -0.25) is 14.4 Å². The molecule has 0 aliphatic heterocycles. The van der Waals surface area contributed by atoms with Crippen molar-refractivity contribution < 1.29 is 38.6 Å². The zero-order valence-corrected chi connectivity index (χ0v) is 20.3. The zero-order chi connectivity index (χ0) is 26.2. The summed E-state index contributed by atoms with van der Waals surface area (Å²) < 4.78 is 9.88. The number of carbonyl (C=O) groups is 5. The fourth-order valence-corrected chi connectivity index (χ4v) is 3.11. The number of carbonyl (C=O) groups excluding carboxylic acids is 4. The molecule has 0 bridgehead atoms. The first-order valence-corrected chi connectivity index (χ1v) is 10.7. The fourth-order valence-electron chi connectivity index (χ4n) is 3.11. The van der Waals surface area contributed by atoms with Gasteiger partial charge in [-0.15, -0.1) is 0 Å². The summed E-state index contributed by atoms with van der Waals surface area (Å²) >= 11 is 0. The van der Waals surface area contributed by atoms with Crippen LogP contribution in [0.25, 0.3) is 0 Å². The zero-order valence-electron chi connectivity index (χ0n) is 20.3. The highest BCUT2D eigenvalue weighted by Gasteiger charge is 2.33. The second-order valence-electron chi connectivity index (χ2n) is 9.11. The molecule has 2 amide bonds. The number of carboxylic acids is 1. The van der Waals surface area contributed by atoms with Crippen LogP contribution in [0.15, 0.2) is 18.2 Å². The quantitative estimate of drug-likeness (QED) is 0.223. The van der Waals surface area contributed by atoms with E-state index in [9.17, 15) is 29.1 Å². The van der Waals surface area contributed by atoms with E-state index in [0.29, 0.717) is 0 Å². The highest BCUT2D eigenvalue weighted by atomic mass is 16.6. The molecule has 0 aliphatic rings. The minimum atomic E-state index is -1.56. The van der Waals surface area contributed by atoms with E-state index in [2.05, 4.69) is 15.4 Å². The molecule has 1 rings (SSSR count). The topological polar surface area (TPSA) is 174 Å². The monoisotopic (exact) mass is 479 g/mol. The number of aliphatic carboxylic acids is 1. The average Bonchev–Trinajstić information content (AvgIpc) is 2.69. The SMILES string of the molecule is COC(=O)c1cccc(N)c1C(=O)[C@H](CC(=O)O)NC(=O)[C@H](CC(C)C)NC(=O)OC(C)(C)C. The van der Waals surface area contributed by atoms with E-state index in [1.54, 1.807) is 20.8 Å². The third-order valence-corrected chi connectivity index (χ3v) is 4.47. The molecule has 0 heterocycles. The minimum Gasteiger partial charge on any atom is -0.481 e. The van der Waals surface area contributed by atoms with E-state index in [-0.39, 0.29) is 29.2 Å². The van der Waals surface area contributed by atoms with Crippen molar-refractivity contribution in [2.75, 3.05) is 12.8 Å². The lowest BCUT2D eigenvalue weighted by Crippen LogP contribution is -2.53. The van der Waals surface area contributed by atoms with E-state index < -0.39 is 53.8 Å². The molecule has 0 saturated heterocycles. The Labute approximate surface area is 198 Å². The number of rotatable bonds is 10. The number of ether oxygens (including phenoxy) is 2. The van der Waals surface area contributed by atoms with Crippen LogP contribution in [0, 0.1) is 5.92 Å². The van der Waals surface area contributed by atoms with Crippen LogP contribution in [0.1, 0.15) is 68.2 Å². The van der Waals surface area contributed by atoms with Gasteiger partial charge in [-0.2, -0.15) is 0 Å². The molecule has 11 nitrogen and oxygen atoms in total. The Hall–Kier alpha value is -3.63. The van der Waals surface area contributed by atoms with Gasteiger partial charge in [0.1, 0.15) is 17.7 Å². The molecule has 0 unspecified atom stereocenters. The molecular formula is C23H33N3O8. The maximum atomic E-state index is 13.3. The molecule has 34 heavy (non-hydrogen) atoms. The van der Waals surface area contributed by atoms with Crippen molar-refractivity contribution >= 4 is 35.4 Å². The van der Waals surface area contributed by atoms with Gasteiger partial charge in [0.25, 0.3) is 0 Å². The number of esters is 1. The molecule has 1 aromatic rings. The lowest BCUT2D eigenvalue weighted by Gasteiger charge is -2.26. The second kappa shape index (κ2) is 12.0. The number of nitrogen functional groups attached to an aromatic ring is 1. The first kappa shape index (κ1) is 28.4. The van der Waals surface area contributed by atoms with Gasteiger partial charge in [0.15, 0.2) is 5.78 Å². The van der Waals surface area contributed by atoms with Crippen molar-refractivity contribution in [3.63, 3.8) is 0 Å². The molecule has 0 aromatic heterocycles. The van der Waals surface area contributed by atoms with Gasteiger partial charge in [0.05, 0.1) is 24.7 Å². The van der Waals surface area contributed by atoms with Crippen LogP contribution in [-0.4, -0.2) is 59.6 Å². The summed E-state index contributed by atoms with van der Waals surface area (Å²) in [5.74, 6) is -3.91. The van der Waals surface area contributed by atoms with Crippen molar-refractivity contribution in [1.29, 1.82) is 0 Å². The molecule has 1 aromatic carbocycles. The first-order valence-electron chi connectivity index (χ1n) is 10.7. The van der Waals surface area contributed by atoms with Crippen molar-refractivity contribution in [3.05, 3.63) is 29.3 Å². The number of anilines is 1. The van der Waals surface area contributed by atoms with Gasteiger partial charge < -0.3 is 30.9 Å². The van der Waals surface area contributed by atoms with Gasteiger partial charge in [0, 0.05) is 5.69 Å². The van der Waals surface area contributed by atoms with Gasteiger partial charge in [0.2, 0.25) is 5.91 Å². The number of ketones is 1. The standard InChI is InChI=1S/C23H33N3O8/c1-12(2)10-16(26-22(32)34-23(3,4)5)20(30)25-15(11-17(27)28)19(29)18-13(21(31)33-6)8-7-9-14(18)24/h7-9,12,15-16H,10-11,24H2,1-6H3,(H,25,30)(H,26,32)(H,27,28)/t15-,16-/m0/s1. The summed E-state index contributed by atoms with van der Waals surface area (Å²) in [6.07, 6.45) is -1.42. The summed E-state index contributed by atoms with van der Waals surface area (Å²) in [6.45, 7) is 8.63. The number of methoxy groups -OCH3 is 1. The van der Waals surface area contributed by atoms with Crippen LogP contribution in [0.3, 0.4) is 0 Å². The fraction of sp³-hybridized carbons (Fsp3) is 0.522. The largest absolute Gasteiger partial charge is 0.481 e. The molecular weight excluding hydrogens is 446 g/mol. The Kier molecular flexibility index (Phi) is 10.0. The summed E-state index contributed by atoms with van der Waals surface area (Å²) in [5, 5.41) is 14.2. The Morgan fingerprint density at radius 3 is 2.18 bits per heavy atom. The Morgan fingerprint density at radius 2 is 1.68 bits per heavy atom. The third-order valence-electron chi connectivity index (χ3n) is 4.47. The number of benzene rings is 1. The maximum absolute atomic E-state index is 13.3. The Balaban J connectivity index is 3.27. The van der Waals surface area contributed by atoms with E-state index >= 15 is 0 Å². The number of alkyl carbamates (subject to hydrolysis) is 1. The van der Waals surface area contributed by atoms with Gasteiger partial charge in [-0.25, -0.2) is 9.59 Å². The molecule has 0 radical (unpaired) electrons. The molecule has 0 fully saturated rings. The number of Topliss-reactive ketones (excluding diaryl/α,β-unsaturated/α-hetero) is 1. The summed E-state index contributed by atoms with van der Waals surface area (Å²) in [6, 6.07) is 1.44. The van der Waals surface area contributed by atoms with Crippen LogP contribution in [-0.2, 0) is 19.1 Å². The number of hydrogen-bond acceptors (Lipinski definition) is 8. The van der Waals surface area contributed by atoms with E-state index in [4.69, 9.17) is 10.5 Å². The van der Waals surface area contributed by atoms with Crippen LogP contribution in [0.2, 0.25) is 0 Å². The van der Waals surface area contributed by atoms with E-state index in [0.717, 1.165) is 7.11 Å². The van der Waals surface area contributed by atoms with Crippen LogP contribution < -0.4 is 16.4 Å². The van der Waals surface area contributed by atoms with Crippen molar-refractivity contribution in [2.45, 2.75) is 65.1 Å². The summed E-state index contributed by atoms with van der Waals surface area (Å²) in [4.78, 5) is 62.1. The van der Waals surface area contributed by atoms with Crippen LogP contribution >= 0.6 is 0 Å². The van der Waals surface area contributed by atoms with Crippen LogP contribution in [0.4, 0.5) is 10.5 Å². The highest BCUT2D eigenvalue weighted by molar-refractivity contribution is 6.13. The normalized spacial score (nSPS) is 12.9. The molecule has 188 valence electrons. The lowest BCUT2D eigenvalue weighted by atomic mass is 9.94. The third kappa shape index (κ3) is 8.72. The molecule has 2 atom stereocenters. The van der Waals surface area contributed by atoms with Crippen molar-refractivity contribution in [1.82, 2.24) is 10.6 Å². The molecule has 0 saturated carbocycles. The molecule has 11 heteroatoms. The van der Waals surface area contributed by atoms with Crippen LogP contribution in [0.5, 0.6) is 0 Å². The summed E-state index contributed by atoms with van der Waals surface area (Å²) in [5.41, 5.74) is 4.59. The number of carboxylic acid groups (broad SMARTS) is 1. The van der Waals surface area contributed by atoms with Gasteiger partial charge in [-0.1, -0.05) is 19.9 Å². The van der Waals surface area contributed by atoms with Gasteiger partial charge in [-0.05, 0) is 45.2 Å². The minimum absolute atomic E-state index is 0.0324. The van der Waals surface area contributed by atoms with Gasteiger partial charge >= 0.3 is 18.0 Å². The highest BCUT2D eigenvalue weighted by Crippen LogP contribution is 2.21. The Morgan fingerprint density at radius 1 is 1.06 bits per heavy atom. The summed E-state index contributed by atoms with van der Waals surface area (Å²) in [7, 11) is 1.12. The predicted octanol–water partition coefficient (Wildman–Crippen LogP) is 2.14. The predicted molar refractivity (Wildman–Crippen MR) is 123 cm³/mol. The first-order chi connectivity index (χ1) is 15.7. The van der Waals surface area contributed by atoms with Crippen molar-refractivity contribution in [3.8, 4) is 0 Å². The number of amides is 2. The second-order valence-corrected chi connectivity index (χ2v) is 9.11. The smallest absolute Gasteiger partial charge is 0.408 e. The number of nitrogens with two attached hydrogens (primary N) is 1. The average molecular weight is 480 g/mol.